The first-order valence-corrected chi connectivity index (χ1v) is 6.60. The molecule has 0 saturated heterocycles. The molecule has 1 aromatic heterocycles. The molecule has 0 fully saturated rings. The molecule has 0 aliphatic rings. The summed E-state index contributed by atoms with van der Waals surface area (Å²) in [6.07, 6.45) is 5.40. The fourth-order valence-electron chi connectivity index (χ4n) is 2.09. The second-order valence-electron chi connectivity index (χ2n) is 5.68. The third kappa shape index (κ3) is 3.17. The minimum Gasteiger partial charge on any atom is -0.397 e. The third-order valence-electron chi connectivity index (χ3n) is 3.63. The molecule has 2 rings (SSSR count). The van der Waals surface area contributed by atoms with E-state index in [0.717, 1.165) is 18.4 Å². The minimum atomic E-state index is 0.00318. The number of rotatable bonds is 4. The van der Waals surface area contributed by atoms with Crippen LogP contribution in [-0.4, -0.2) is 9.97 Å². The quantitative estimate of drug-likeness (QED) is 0.739. The van der Waals surface area contributed by atoms with Crippen molar-refractivity contribution in [2.75, 3.05) is 17.2 Å². The molecule has 20 heavy (non-hydrogen) atoms. The summed E-state index contributed by atoms with van der Waals surface area (Å²) in [4.78, 5) is 8.02. The lowest BCUT2D eigenvalue weighted by Crippen LogP contribution is -2.18. The maximum Gasteiger partial charge on any atom is 0.219 e. The minimum absolute atomic E-state index is 0.00318. The van der Waals surface area contributed by atoms with Gasteiger partial charge in [-0.25, -0.2) is 9.97 Å². The van der Waals surface area contributed by atoms with Crippen molar-refractivity contribution in [3.8, 4) is 0 Å². The molecule has 0 amide bonds. The largest absolute Gasteiger partial charge is 0.397 e. The van der Waals surface area contributed by atoms with Crippen molar-refractivity contribution >= 4 is 17.3 Å². The smallest absolute Gasteiger partial charge is 0.219 e. The van der Waals surface area contributed by atoms with E-state index in [9.17, 15) is 0 Å². The molecule has 1 aromatic carbocycles. The van der Waals surface area contributed by atoms with Gasteiger partial charge in [-0.3, -0.25) is 0 Å². The Morgan fingerprint density at radius 1 is 1.00 bits per heavy atom. The summed E-state index contributed by atoms with van der Waals surface area (Å²) >= 11 is 0. The molecule has 1 heterocycles. The van der Waals surface area contributed by atoms with Crippen LogP contribution in [0.5, 0.6) is 0 Å². The number of nitrogens with zero attached hydrogens (tertiary/aromatic N) is 2. The van der Waals surface area contributed by atoms with Crippen LogP contribution in [0.1, 0.15) is 31.4 Å². The Morgan fingerprint density at radius 3 is 2.25 bits per heavy atom. The van der Waals surface area contributed by atoms with E-state index in [2.05, 4.69) is 23.8 Å². The van der Waals surface area contributed by atoms with Crippen LogP contribution in [0.25, 0.3) is 0 Å². The molecular weight excluding hydrogens is 250 g/mol. The molecule has 0 radical (unpaired) electrons. The van der Waals surface area contributed by atoms with E-state index in [4.69, 9.17) is 17.2 Å². The number of nitrogen functional groups attached to an aromatic ring is 3. The first-order valence-electron chi connectivity index (χ1n) is 6.60. The highest BCUT2D eigenvalue weighted by Gasteiger charge is 2.21. The Kier molecular flexibility index (Phi) is 3.79. The summed E-state index contributed by atoms with van der Waals surface area (Å²) in [7, 11) is 0. The fourth-order valence-corrected chi connectivity index (χ4v) is 2.09. The van der Waals surface area contributed by atoms with Gasteiger partial charge in [-0.2, -0.15) is 0 Å². The second-order valence-corrected chi connectivity index (χ2v) is 5.68. The number of aryl methyl sites for hydroxylation is 1. The Labute approximate surface area is 119 Å². The van der Waals surface area contributed by atoms with E-state index in [-0.39, 0.29) is 5.41 Å². The molecule has 0 unspecified atom stereocenters. The predicted octanol–water partition coefficient (Wildman–Crippen LogP) is 2.13. The maximum atomic E-state index is 5.88. The topological polar surface area (TPSA) is 104 Å². The molecule has 0 aliphatic carbocycles. The Morgan fingerprint density at radius 2 is 1.65 bits per heavy atom. The lowest BCUT2D eigenvalue weighted by molar-refractivity contribution is 0.479. The Balaban J connectivity index is 2.10. The van der Waals surface area contributed by atoms with Crippen molar-refractivity contribution in [1.82, 2.24) is 9.97 Å². The van der Waals surface area contributed by atoms with Gasteiger partial charge in [-0.15, -0.1) is 0 Å². The first-order chi connectivity index (χ1) is 9.38. The van der Waals surface area contributed by atoms with Crippen molar-refractivity contribution in [3.63, 3.8) is 0 Å². The molecule has 0 aliphatic heterocycles. The lowest BCUT2D eigenvalue weighted by Gasteiger charge is -2.26. The number of anilines is 3. The maximum absolute atomic E-state index is 5.88. The van der Waals surface area contributed by atoms with Gasteiger partial charge in [-0.1, -0.05) is 19.9 Å². The van der Waals surface area contributed by atoms with Gasteiger partial charge in [0.2, 0.25) is 5.95 Å². The number of hydrogen-bond acceptors (Lipinski definition) is 5. The molecule has 2 aromatic rings. The van der Waals surface area contributed by atoms with Crippen molar-refractivity contribution in [1.29, 1.82) is 0 Å². The van der Waals surface area contributed by atoms with E-state index in [0.29, 0.717) is 17.3 Å². The highest BCUT2D eigenvalue weighted by molar-refractivity contribution is 5.64. The highest BCUT2D eigenvalue weighted by Crippen LogP contribution is 2.31. The van der Waals surface area contributed by atoms with Gasteiger partial charge < -0.3 is 17.2 Å². The summed E-state index contributed by atoms with van der Waals surface area (Å²) in [5, 5.41) is 0. The summed E-state index contributed by atoms with van der Waals surface area (Å²) < 4.78 is 0. The van der Waals surface area contributed by atoms with Crippen molar-refractivity contribution in [3.05, 3.63) is 41.7 Å². The van der Waals surface area contributed by atoms with E-state index < -0.39 is 0 Å². The fraction of sp³-hybridized carbons (Fsp3) is 0.333. The molecule has 0 saturated carbocycles. The molecule has 0 bridgehead atoms. The van der Waals surface area contributed by atoms with Crippen molar-refractivity contribution < 1.29 is 0 Å². The summed E-state index contributed by atoms with van der Waals surface area (Å²) in [6, 6.07) is 5.85. The van der Waals surface area contributed by atoms with Crippen LogP contribution < -0.4 is 17.2 Å². The van der Waals surface area contributed by atoms with Crippen LogP contribution in [0, 0.1) is 0 Å². The van der Waals surface area contributed by atoms with Gasteiger partial charge in [0.15, 0.2) is 0 Å². The van der Waals surface area contributed by atoms with Crippen LogP contribution in [0.4, 0.5) is 17.3 Å². The van der Waals surface area contributed by atoms with E-state index in [1.807, 2.05) is 18.2 Å². The number of benzene rings is 1. The van der Waals surface area contributed by atoms with E-state index in [1.54, 1.807) is 12.4 Å². The van der Waals surface area contributed by atoms with Gasteiger partial charge >= 0.3 is 0 Å². The van der Waals surface area contributed by atoms with Crippen LogP contribution in [0.2, 0.25) is 0 Å². The normalized spacial score (nSPS) is 11.5. The third-order valence-corrected chi connectivity index (χ3v) is 3.63. The van der Waals surface area contributed by atoms with Gasteiger partial charge in [0.05, 0.1) is 11.4 Å². The average Bonchev–Trinajstić information content (AvgIpc) is 2.41. The zero-order chi connectivity index (χ0) is 14.8. The summed E-state index contributed by atoms with van der Waals surface area (Å²) in [5.41, 5.74) is 20.6. The van der Waals surface area contributed by atoms with Crippen LogP contribution in [-0.2, 0) is 11.8 Å². The summed E-state index contributed by atoms with van der Waals surface area (Å²) in [5.74, 6) is 0.305. The Bertz CT molecular complexity index is 590. The van der Waals surface area contributed by atoms with E-state index in [1.165, 1.54) is 5.56 Å². The molecule has 0 atom stereocenters. The first kappa shape index (κ1) is 14.1. The molecule has 6 N–H and O–H groups in total. The van der Waals surface area contributed by atoms with Crippen LogP contribution in [0.3, 0.4) is 0 Å². The molecule has 5 heteroatoms. The van der Waals surface area contributed by atoms with Gasteiger partial charge in [0, 0.05) is 12.4 Å². The molecule has 0 spiro atoms. The molecule has 106 valence electrons. The number of nitrogens with two attached hydrogens (primary N) is 3. The SMILES string of the molecule is CC(C)(CCc1cnc(N)nc1)c1ccc(N)c(N)c1. The number of aromatic nitrogens is 2. The van der Waals surface area contributed by atoms with Crippen molar-refractivity contribution in [2.45, 2.75) is 32.1 Å². The lowest BCUT2D eigenvalue weighted by atomic mass is 9.79. The molecule has 5 nitrogen and oxygen atoms in total. The van der Waals surface area contributed by atoms with Gasteiger partial charge in [0.1, 0.15) is 0 Å². The zero-order valence-electron chi connectivity index (χ0n) is 11.9. The van der Waals surface area contributed by atoms with Gasteiger partial charge in [-0.05, 0) is 41.5 Å². The number of hydrogen-bond donors (Lipinski definition) is 3. The van der Waals surface area contributed by atoms with Crippen LogP contribution >= 0.6 is 0 Å². The molecular formula is C15H21N5. The van der Waals surface area contributed by atoms with Gasteiger partial charge in [0.25, 0.3) is 0 Å². The Hall–Kier alpha value is -2.30. The standard InChI is InChI=1S/C15H21N5/c1-15(2,11-3-4-12(16)13(17)7-11)6-5-10-8-19-14(18)20-9-10/h3-4,7-9H,5-6,16-17H2,1-2H3,(H2,18,19,20). The zero-order valence-corrected chi connectivity index (χ0v) is 11.9. The second kappa shape index (κ2) is 5.36. The van der Waals surface area contributed by atoms with Crippen LogP contribution in [0.15, 0.2) is 30.6 Å². The monoisotopic (exact) mass is 271 g/mol. The predicted molar refractivity (Wildman–Crippen MR) is 83.1 cm³/mol. The summed E-state index contributed by atoms with van der Waals surface area (Å²) in [6.45, 7) is 4.38. The average molecular weight is 271 g/mol. The highest BCUT2D eigenvalue weighted by atomic mass is 15.0. The van der Waals surface area contributed by atoms with E-state index >= 15 is 0 Å². The van der Waals surface area contributed by atoms with Crippen molar-refractivity contribution in [2.24, 2.45) is 0 Å².